The average Bonchev–Trinajstić information content (AvgIpc) is 2.63. The van der Waals surface area contributed by atoms with Crippen LogP contribution in [0.2, 0.25) is 0 Å². The topological polar surface area (TPSA) is 28.7 Å². The molecule has 0 atom stereocenters. The number of unbranched alkanes of at least 4 members (excludes halogenated alkanes) is 1. The summed E-state index contributed by atoms with van der Waals surface area (Å²) in [6.45, 7) is 0.932. The zero-order valence-corrected chi connectivity index (χ0v) is 7.98. The van der Waals surface area contributed by atoms with Crippen molar-refractivity contribution in [2.75, 3.05) is 0 Å². The van der Waals surface area contributed by atoms with Gasteiger partial charge in [-0.1, -0.05) is 18.2 Å². The van der Waals surface area contributed by atoms with Crippen molar-refractivity contribution < 1.29 is 0 Å². The number of para-hydroxylation sites is 1. The van der Waals surface area contributed by atoms with Crippen LogP contribution < -0.4 is 0 Å². The molecule has 2 rings (SSSR count). The molecule has 0 bridgehead atoms. The van der Waals surface area contributed by atoms with Crippen LogP contribution >= 0.6 is 0 Å². The van der Waals surface area contributed by atoms with Crippen LogP contribution in [0.25, 0.3) is 10.9 Å². The third-order valence-corrected chi connectivity index (χ3v) is 2.37. The molecule has 0 aliphatic carbocycles. The Hall–Kier alpha value is -1.75. The van der Waals surface area contributed by atoms with E-state index in [1.807, 2.05) is 12.1 Å². The molecule has 0 unspecified atom stereocenters. The van der Waals surface area contributed by atoms with Crippen LogP contribution in [0.15, 0.2) is 36.5 Å². The molecular weight excluding hydrogens is 172 g/mol. The van der Waals surface area contributed by atoms with Gasteiger partial charge in [-0.15, -0.1) is 0 Å². The van der Waals surface area contributed by atoms with E-state index in [1.54, 1.807) is 0 Å². The highest BCUT2D eigenvalue weighted by Crippen LogP contribution is 2.15. The van der Waals surface area contributed by atoms with Crippen LogP contribution in [0.5, 0.6) is 0 Å². The molecule has 2 aromatic rings. The second kappa shape index (κ2) is 3.97. The van der Waals surface area contributed by atoms with Crippen LogP contribution in [0.3, 0.4) is 0 Å². The quantitative estimate of drug-likeness (QED) is 0.674. The van der Waals surface area contributed by atoms with Crippen molar-refractivity contribution in [3.8, 4) is 6.07 Å². The van der Waals surface area contributed by atoms with Gasteiger partial charge in [-0.3, -0.25) is 0 Å². The first kappa shape index (κ1) is 8.83. The second-order valence-electron chi connectivity index (χ2n) is 3.33. The SMILES string of the molecule is N#CCCCn1ccc2ccccc21. The number of rotatable bonds is 3. The summed E-state index contributed by atoms with van der Waals surface area (Å²) in [5, 5.41) is 9.72. The van der Waals surface area contributed by atoms with Crippen molar-refractivity contribution >= 4 is 10.9 Å². The average molecular weight is 184 g/mol. The summed E-state index contributed by atoms with van der Waals surface area (Å²) in [5.74, 6) is 0. The van der Waals surface area contributed by atoms with Crippen molar-refractivity contribution in [1.29, 1.82) is 5.26 Å². The van der Waals surface area contributed by atoms with Gasteiger partial charge < -0.3 is 4.57 Å². The summed E-state index contributed by atoms with van der Waals surface area (Å²) in [6, 6.07) is 12.6. The summed E-state index contributed by atoms with van der Waals surface area (Å²) in [7, 11) is 0. The lowest BCUT2D eigenvalue weighted by molar-refractivity contribution is 0.674. The number of nitriles is 1. The number of fused-ring (bicyclic) bond motifs is 1. The second-order valence-corrected chi connectivity index (χ2v) is 3.33. The molecule has 0 amide bonds. The van der Waals surface area contributed by atoms with Crippen LogP contribution in [-0.4, -0.2) is 4.57 Å². The van der Waals surface area contributed by atoms with Gasteiger partial charge in [-0.25, -0.2) is 0 Å². The number of aryl methyl sites for hydroxylation is 1. The maximum atomic E-state index is 8.45. The highest BCUT2D eigenvalue weighted by atomic mass is 14.9. The summed E-state index contributed by atoms with van der Waals surface area (Å²) in [5.41, 5.74) is 1.26. The van der Waals surface area contributed by atoms with E-state index in [-0.39, 0.29) is 0 Å². The fraction of sp³-hybridized carbons (Fsp3) is 0.250. The van der Waals surface area contributed by atoms with Crippen LogP contribution in [0.1, 0.15) is 12.8 Å². The van der Waals surface area contributed by atoms with E-state index < -0.39 is 0 Å². The zero-order valence-electron chi connectivity index (χ0n) is 7.98. The van der Waals surface area contributed by atoms with E-state index in [4.69, 9.17) is 5.26 Å². The van der Waals surface area contributed by atoms with E-state index in [1.165, 1.54) is 10.9 Å². The molecule has 14 heavy (non-hydrogen) atoms. The first-order valence-corrected chi connectivity index (χ1v) is 4.82. The van der Waals surface area contributed by atoms with Gasteiger partial charge in [0.15, 0.2) is 0 Å². The monoisotopic (exact) mass is 184 g/mol. The summed E-state index contributed by atoms with van der Waals surface area (Å²) >= 11 is 0. The molecular formula is C12H12N2. The van der Waals surface area contributed by atoms with Gasteiger partial charge in [0.25, 0.3) is 0 Å². The standard InChI is InChI=1S/C12H12N2/c13-8-3-4-9-14-10-7-11-5-1-2-6-12(11)14/h1-2,5-7,10H,3-4,9H2. The van der Waals surface area contributed by atoms with Gasteiger partial charge in [-0.2, -0.15) is 5.26 Å². The van der Waals surface area contributed by atoms with Crippen molar-refractivity contribution in [3.05, 3.63) is 36.5 Å². The Bertz CT molecular complexity index is 462. The van der Waals surface area contributed by atoms with Crippen LogP contribution in [-0.2, 0) is 6.54 Å². The molecule has 0 saturated carbocycles. The van der Waals surface area contributed by atoms with E-state index in [0.717, 1.165) is 13.0 Å². The maximum absolute atomic E-state index is 8.45. The number of aromatic nitrogens is 1. The molecule has 1 heterocycles. The van der Waals surface area contributed by atoms with Crippen molar-refractivity contribution in [2.45, 2.75) is 19.4 Å². The number of benzene rings is 1. The van der Waals surface area contributed by atoms with Crippen molar-refractivity contribution in [1.82, 2.24) is 4.57 Å². The first-order chi connectivity index (χ1) is 6.92. The molecule has 1 aromatic heterocycles. The predicted molar refractivity (Wildman–Crippen MR) is 56.8 cm³/mol. The Morgan fingerprint density at radius 3 is 2.93 bits per heavy atom. The lowest BCUT2D eigenvalue weighted by Crippen LogP contribution is -1.94. The lowest BCUT2D eigenvalue weighted by atomic mass is 10.2. The third-order valence-electron chi connectivity index (χ3n) is 2.37. The van der Waals surface area contributed by atoms with E-state index in [2.05, 4.69) is 35.0 Å². The minimum atomic E-state index is 0.631. The highest BCUT2D eigenvalue weighted by molar-refractivity contribution is 5.79. The Morgan fingerprint density at radius 1 is 1.21 bits per heavy atom. The summed E-state index contributed by atoms with van der Waals surface area (Å²) < 4.78 is 2.20. The molecule has 2 heteroatoms. The minimum Gasteiger partial charge on any atom is -0.347 e. The Kier molecular flexibility index (Phi) is 2.51. The first-order valence-electron chi connectivity index (χ1n) is 4.82. The summed E-state index contributed by atoms with van der Waals surface area (Å²) in [4.78, 5) is 0. The smallest absolute Gasteiger partial charge is 0.0622 e. The number of hydrogen-bond acceptors (Lipinski definition) is 1. The van der Waals surface area contributed by atoms with Gasteiger partial charge in [-0.05, 0) is 23.9 Å². The summed E-state index contributed by atoms with van der Waals surface area (Å²) in [6.07, 6.45) is 3.64. The third kappa shape index (κ3) is 1.62. The van der Waals surface area contributed by atoms with E-state index >= 15 is 0 Å². The Labute approximate surface area is 83.4 Å². The molecule has 2 nitrogen and oxygen atoms in total. The van der Waals surface area contributed by atoms with Crippen molar-refractivity contribution in [2.24, 2.45) is 0 Å². The molecule has 0 spiro atoms. The Balaban J connectivity index is 2.22. The van der Waals surface area contributed by atoms with Crippen molar-refractivity contribution in [3.63, 3.8) is 0 Å². The molecule has 0 radical (unpaired) electrons. The van der Waals surface area contributed by atoms with E-state index in [0.29, 0.717) is 6.42 Å². The van der Waals surface area contributed by atoms with Crippen LogP contribution in [0, 0.1) is 11.3 Å². The van der Waals surface area contributed by atoms with Gasteiger partial charge >= 0.3 is 0 Å². The number of nitrogens with zero attached hydrogens (tertiary/aromatic N) is 2. The minimum absolute atomic E-state index is 0.631. The largest absolute Gasteiger partial charge is 0.347 e. The van der Waals surface area contributed by atoms with Gasteiger partial charge in [0.05, 0.1) is 6.07 Å². The van der Waals surface area contributed by atoms with Gasteiger partial charge in [0, 0.05) is 24.7 Å². The molecule has 70 valence electrons. The fourth-order valence-electron chi connectivity index (χ4n) is 1.66. The normalized spacial score (nSPS) is 10.2. The molecule has 1 aromatic carbocycles. The van der Waals surface area contributed by atoms with Crippen LogP contribution in [0.4, 0.5) is 0 Å². The lowest BCUT2D eigenvalue weighted by Gasteiger charge is -2.02. The molecule has 0 fully saturated rings. The van der Waals surface area contributed by atoms with E-state index in [9.17, 15) is 0 Å². The highest BCUT2D eigenvalue weighted by Gasteiger charge is 1.98. The molecule has 0 N–H and O–H groups in total. The maximum Gasteiger partial charge on any atom is 0.0622 e. The molecule has 0 saturated heterocycles. The van der Waals surface area contributed by atoms with Gasteiger partial charge in [0.1, 0.15) is 0 Å². The fourth-order valence-corrected chi connectivity index (χ4v) is 1.66. The zero-order chi connectivity index (χ0) is 9.80. The Morgan fingerprint density at radius 2 is 2.07 bits per heavy atom. The number of hydrogen-bond donors (Lipinski definition) is 0. The molecule has 0 aliphatic rings. The molecule has 0 aliphatic heterocycles. The predicted octanol–water partition coefficient (Wildman–Crippen LogP) is 2.95. The van der Waals surface area contributed by atoms with Gasteiger partial charge in [0.2, 0.25) is 0 Å².